The molecule has 1 aromatic rings. The summed E-state index contributed by atoms with van der Waals surface area (Å²) in [6.45, 7) is 2.81. The van der Waals surface area contributed by atoms with Gasteiger partial charge in [0.15, 0.2) is 5.82 Å². The highest BCUT2D eigenvalue weighted by Gasteiger charge is 2.39. The Morgan fingerprint density at radius 2 is 2.27 bits per heavy atom. The number of hydrogen-bond acceptors (Lipinski definition) is 5. The van der Waals surface area contributed by atoms with Crippen LogP contribution in [-0.4, -0.2) is 27.9 Å². The molecule has 1 aliphatic carbocycles. The van der Waals surface area contributed by atoms with Crippen LogP contribution in [0.1, 0.15) is 43.4 Å². The van der Waals surface area contributed by atoms with Crippen molar-refractivity contribution in [2.45, 2.75) is 37.8 Å². The molecule has 2 aliphatic rings. The number of β-amino-alcohol motifs (C(OH)–C–C–N with tert-alkyl or cyclic N) is 1. The van der Waals surface area contributed by atoms with Gasteiger partial charge in [0.05, 0.1) is 12.1 Å². The molecule has 1 aliphatic heterocycles. The van der Waals surface area contributed by atoms with Crippen LogP contribution in [0.4, 0.5) is 0 Å². The van der Waals surface area contributed by atoms with E-state index in [9.17, 15) is 5.11 Å². The molecule has 1 saturated carbocycles. The molecule has 2 N–H and O–H groups in total. The van der Waals surface area contributed by atoms with Gasteiger partial charge in [-0.05, 0) is 18.8 Å². The van der Waals surface area contributed by atoms with Gasteiger partial charge in [-0.2, -0.15) is 4.98 Å². The zero-order valence-electron chi connectivity index (χ0n) is 8.68. The Bertz CT molecular complexity index is 365. The van der Waals surface area contributed by atoms with Gasteiger partial charge in [-0.1, -0.05) is 12.1 Å². The highest BCUT2D eigenvalue weighted by atomic mass is 16.5. The molecule has 82 valence electrons. The average Bonchev–Trinajstić information content (AvgIpc) is 2.71. The molecule has 1 saturated heterocycles. The van der Waals surface area contributed by atoms with Crippen molar-refractivity contribution in [3.63, 3.8) is 0 Å². The molecule has 3 rings (SSSR count). The first-order chi connectivity index (χ1) is 7.24. The lowest BCUT2D eigenvalue weighted by molar-refractivity contribution is 0.191. The van der Waals surface area contributed by atoms with E-state index >= 15 is 0 Å². The van der Waals surface area contributed by atoms with Crippen LogP contribution in [0.5, 0.6) is 0 Å². The third-order valence-corrected chi connectivity index (χ3v) is 3.30. The molecule has 3 unspecified atom stereocenters. The number of aliphatic hydroxyl groups is 1. The largest absolute Gasteiger partial charge is 0.392 e. The lowest BCUT2D eigenvalue weighted by Crippen LogP contribution is -2.15. The van der Waals surface area contributed by atoms with Gasteiger partial charge in [0.25, 0.3) is 0 Å². The molecule has 0 radical (unpaired) electrons. The minimum absolute atomic E-state index is 0.0373. The molecule has 0 amide bonds. The first-order valence-electron chi connectivity index (χ1n) is 5.49. The highest BCUT2D eigenvalue weighted by molar-refractivity contribution is 5.09. The lowest BCUT2D eigenvalue weighted by Gasteiger charge is -2.01. The first kappa shape index (κ1) is 9.30. The lowest BCUT2D eigenvalue weighted by atomic mass is 10.2. The summed E-state index contributed by atoms with van der Waals surface area (Å²) in [6, 6.07) is 0.0373. The summed E-state index contributed by atoms with van der Waals surface area (Å²) < 4.78 is 5.21. The smallest absolute Gasteiger partial charge is 0.243 e. The van der Waals surface area contributed by atoms with Crippen LogP contribution in [0.3, 0.4) is 0 Å². The summed E-state index contributed by atoms with van der Waals surface area (Å²) in [5.41, 5.74) is 0. The van der Waals surface area contributed by atoms with Crippen LogP contribution in [0.2, 0.25) is 0 Å². The van der Waals surface area contributed by atoms with Crippen molar-refractivity contribution in [2.75, 3.05) is 6.54 Å². The number of nitrogens with zero attached hydrogens (tertiary/aromatic N) is 2. The molecule has 5 nitrogen and oxygen atoms in total. The Labute approximate surface area is 87.9 Å². The van der Waals surface area contributed by atoms with Crippen molar-refractivity contribution < 1.29 is 9.63 Å². The van der Waals surface area contributed by atoms with E-state index in [2.05, 4.69) is 22.4 Å². The third kappa shape index (κ3) is 1.66. The first-order valence-corrected chi connectivity index (χ1v) is 5.49. The number of nitrogens with one attached hydrogen (secondary N) is 1. The molecule has 2 fully saturated rings. The van der Waals surface area contributed by atoms with Crippen molar-refractivity contribution in [3.05, 3.63) is 11.7 Å². The summed E-state index contributed by atoms with van der Waals surface area (Å²) in [4.78, 5) is 4.39. The molecule has 1 aromatic heterocycles. The van der Waals surface area contributed by atoms with Gasteiger partial charge < -0.3 is 14.9 Å². The predicted octanol–water partition coefficient (Wildman–Crippen LogP) is 0.588. The van der Waals surface area contributed by atoms with E-state index in [0.29, 0.717) is 30.7 Å². The zero-order chi connectivity index (χ0) is 10.4. The van der Waals surface area contributed by atoms with Gasteiger partial charge in [-0.3, -0.25) is 0 Å². The van der Waals surface area contributed by atoms with E-state index in [0.717, 1.165) is 5.82 Å². The molecule has 2 heterocycles. The van der Waals surface area contributed by atoms with Crippen molar-refractivity contribution in [1.29, 1.82) is 0 Å². The minimum Gasteiger partial charge on any atom is -0.392 e. The maximum atomic E-state index is 9.38. The second kappa shape index (κ2) is 3.28. The maximum Gasteiger partial charge on any atom is 0.243 e. The second-order valence-corrected chi connectivity index (χ2v) is 4.66. The van der Waals surface area contributed by atoms with Crippen LogP contribution in [0.15, 0.2) is 4.52 Å². The standard InChI is InChI=1S/C10H15N3O2/c1-5-2-7(5)9-12-10(15-13-9)8-3-6(14)4-11-8/h5-8,11,14H,2-4H2,1H3/t5?,6?,7?,8-/m0/s1. The van der Waals surface area contributed by atoms with E-state index in [1.54, 1.807) is 0 Å². The molecule has 4 atom stereocenters. The second-order valence-electron chi connectivity index (χ2n) is 4.66. The van der Waals surface area contributed by atoms with Gasteiger partial charge in [0, 0.05) is 12.5 Å². The van der Waals surface area contributed by atoms with E-state index in [-0.39, 0.29) is 12.1 Å². The topological polar surface area (TPSA) is 71.2 Å². The Morgan fingerprint density at radius 1 is 1.47 bits per heavy atom. The summed E-state index contributed by atoms with van der Waals surface area (Å²) >= 11 is 0. The van der Waals surface area contributed by atoms with E-state index < -0.39 is 0 Å². The van der Waals surface area contributed by atoms with Crippen molar-refractivity contribution in [2.24, 2.45) is 5.92 Å². The average molecular weight is 209 g/mol. The monoisotopic (exact) mass is 209 g/mol. The van der Waals surface area contributed by atoms with Crippen LogP contribution < -0.4 is 5.32 Å². The van der Waals surface area contributed by atoms with E-state index in [1.165, 1.54) is 6.42 Å². The van der Waals surface area contributed by atoms with Gasteiger partial charge in [0.2, 0.25) is 5.89 Å². The number of rotatable bonds is 2. The van der Waals surface area contributed by atoms with E-state index in [4.69, 9.17) is 4.52 Å². The molecular formula is C10H15N3O2. The summed E-state index contributed by atoms with van der Waals surface area (Å²) in [5, 5.41) is 16.5. The Balaban J connectivity index is 1.73. The molecular weight excluding hydrogens is 194 g/mol. The van der Waals surface area contributed by atoms with Crippen LogP contribution in [0.25, 0.3) is 0 Å². The molecule has 5 heteroatoms. The normalized spacial score (nSPS) is 39.6. The molecule has 0 bridgehead atoms. The number of aliphatic hydroxyl groups excluding tert-OH is 1. The predicted molar refractivity (Wildman–Crippen MR) is 52.2 cm³/mol. The van der Waals surface area contributed by atoms with Crippen LogP contribution in [0, 0.1) is 5.92 Å². The summed E-state index contributed by atoms with van der Waals surface area (Å²) in [6.07, 6.45) is 1.55. The van der Waals surface area contributed by atoms with Gasteiger partial charge >= 0.3 is 0 Å². The van der Waals surface area contributed by atoms with Crippen molar-refractivity contribution in [1.82, 2.24) is 15.5 Å². The third-order valence-electron chi connectivity index (χ3n) is 3.30. The number of hydrogen-bond donors (Lipinski definition) is 2. The fourth-order valence-corrected chi connectivity index (χ4v) is 2.13. The van der Waals surface area contributed by atoms with Crippen molar-refractivity contribution >= 4 is 0 Å². The van der Waals surface area contributed by atoms with Crippen molar-refractivity contribution in [3.8, 4) is 0 Å². The number of aromatic nitrogens is 2. The van der Waals surface area contributed by atoms with Crippen LogP contribution in [-0.2, 0) is 0 Å². The SMILES string of the molecule is CC1CC1c1noc([C@@H]2CC(O)CN2)n1. The summed E-state index contributed by atoms with van der Waals surface area (Å²) in [7, 11) is 0. The highest BCUT2D eigenvalue weighted by Crippen LogP contribution is 2.45. The Kier molecular flexibility index (Phi) is 2.03. The minimum atomic E-state index is -0.287. The Hall–Kier alpha value is -0.940. The van der Waals surface area contributed by atoms with Crippen LogP contribution >= 0.6 is 0 Å². The molecule has 0 aromatic carbocycles. The Morgan fingerprint density at radius 3 is 2.87 bits per heavy atom. The molecule has 15 heavy (non-hydrogen) atoms. The van der Waals surface area contributed by atoms with Gasteiger partial charge in [-0.15, -0.1) is 0 Å². The molecule has 0 spiro atoms. The van der Waals surface area contributed by atoms with Gasteiger partial charge in [0.1, 0.15) is 0 Å². The van der Waals surface area contributed by atoms with E-state index in [1.807, 2.05) is 0 Å². The fourth-order valence-electron chi connectivity index (χ4n) is 2.13. The fraction of sp³-hybridized carbons (Fsp3) is 0.800. The summed E-state index contributed by atoms with van der Waals surface area (Å²) in [5.74, 6) is 2.65. The van der Waals surface area contributed by atoms with Gasteiger partial charge in [-0.25, -0.2) is 0 Å². The quantitative estimate of drug-likeness (QED) is 0.745. The zero-order valence-corrected chi connectivity index (χ0v) is 8.68. The maximum absolute atomic E-state index is 9.38.